The van der Waals surface area contributed by atoms with Crippen LogP contribution >= 0.6 is 0 Å². The Morgan fingerprint density at radius 2 is 1.83 bits per heavy atom. The second-order valence-electron chi connectivity index (χ2n) is 5.18. The molecule has 4 nitrogen and oxygen atoms in total. The Bertz CT molecular complexity index is 322. The monoisotopic (exact) mass is 276 g/mol. The highest BCUT2D eigenvalue weighted by Gasteiger charge is 2.25. The van der Waals surface area contributed by atoms with Gasteiger partial charge in [-0.1, -0.05) is 33.6 Å². The lowest BCUT2D eigenvalue weighted by Gasteiger charge is -2.24. The summed E-state index contributed by atoms with van der Waals surface area (Å²) in [7, 11) is -3.08. The van der Waals surface area contributed by atoms with Crippen molar-refractivity contribution in [2.24, 2.45) is 5.92 Å². The molecule has 1 rings (SSSR count). The smallest absolute Gasteiger partial charge is 0.215 e. The van der Waals surface area contributed by atoms with Crippen LogP contribution in [0.4, 0.5) is 0 Å². The second kappa shape index (κ2) is 7.46. The Morgan fingerprint density at radius 1 is 1.22 bits per heavy atom. The minimum absolute atomic E-state index is 0.234. The summed E-state index contributed by atoms with van der Waals surface area (Å²) in [6.07, 6.45) is 4.49. The fourth-order valence-electron chi connectivity index (χ4n) is 2.08. The quantitative estimate of drug-likeness (QED) is 0.662. The van der Waals surface area contributed by atoms with Gasteiger partial charge in [0, 0.05) is 25.7 Å². The van der Waals surface area contributed by atoms with E-state index in [1.165, 1.54) is 12.8 Å². The van der Waals surface area contributed by atoms with Gasteiger partial charge in [-0.25, -0.2) is 12.7 Å². The van der Waals surface area contributed by atoms with Gasteiger partial charge in [-0.05, 0) is 18.8 Å². The number of hydrogen-bond donors (Lipinski definition) is 1. The van der Waals surface area contributed by atoms with E-state index in [0.29, 0.717) is 31.6 Å². The average Bonchev–Trinajstić information content (AvgIpc) is 3.14. The molecule has 1 N–H and O–H groups in total. The lowest BCUT2D eigenvalue weighted by Crippen LogP contribution is -2.39. The molecule has 0 heterocycles. The van der Waals surface area contributed by atoms with Gasteiger partial charge in [0.15, 0.2) is 0 Å². The topological polar surface area (TPSA) is 49.4 Å². The fourth-order valence-corrected chi connectivity index (χ4v) is 3.55. The molecule has 1 aliphatic rings. The van der Waals surface area contributed by atoms with Crippen LogP contribution in [0.1, 0.15) is 46.5 Å². The maximum atomic E-state index is 12.2. The lowest BCUT2D eigenvalue weighted by atomic mass is 10.0. The first kappa shape index (κ1) is 15.9. The first-order valence-corrected chi connectivity index (χ1v) is 8.85. The van der Waals surface area contributed by atoms with Crippen LogP contribution in [-0.2, 0) is 10.0 Å². The third-order valence-corrected chi connectivity index (χ3v) is 5.65. The summed E-state index contributed by atoms with van der Waals surface area (Å²) in [4.78, 5) is 0. The number of nitrogens with zero attached hydrogens (tertiary/aromatic N) is 1. The molecule has 0 saturated heterocycles. The molecule has 1 saturated carbocycles. The first-order valence-electron chi connectivity index (χ1n) is 7.24. The van der Waals surface area contributed by atoms with Crippen LogP contribution < -0.4 is 5.32 Å². The summed E-state index contributed by atoms with van der Waals surface area (Å²) >= 11 is 0. The van der Waals surface area contributed by atoms with Crippen LogP contribution in [0.5, 0.6) is 0 Å². The van der Waals surface area contributed by atoms with Crippen LogP contribution in [-0.4, -0.2) is 44.2 Å². The summed E-state index contributed by atoms with van der Waals surface area (Å²) in [6, 6.07) is 0.578. The van der Waals surface area contributed by atoms with Crippen LogP contribution in [0.2, 0.25) is 0 Å². The summed E-state index contributed by atoms with van der Waals surface area (Å²) < 4.78 is 26.1. The SMILES string of the molecule is CCC(CC)CN(CC)S(=O)(=O)CCNC1CC1. The van der Waals surface area contributed by atoms with Gasteiger partial charge in [-0.3, -0.25) is 0 Å². The molecule has 1 aliphatic carbocycles. The largest absolute Gasteiger partial charge is 0.313 e. The molecular weight excluding hydrogens is 248 g/mol. The van der Waals surface area contributed by atoms with Crippen LogP contribution in [0, 0.1) is 5.92 Å². The van der Waals surface area contributed by atoms with E-state index in [-0.39, 0.29) is 5.75 Å². The molecule has 0 spiro atoms. The third kappa shape index (κ3) is 5.24. The van der Waals surface area contributed by atoms with Gasteiger partial charge < -0.3 is 5.32 Å². The first-order chi connectivity index (χ1) is 8.53. The van der Waals surface area contributed by atoms with Crippen molar-refractivity contribution in [3.8, 4) is 0 Å². The van der Waals surface area contributed by atoms with Gasteiger partial charge in [0.05, 0.1) is 5.75 Å². The van der Waals surface area contributed by atoms with Crippen LogP contribution in [0.3, 0.4) is 0 Å². The fraction of sp³-hybridized carbons (Fsp3) is 1.00. The number of rotatable bonds is 10. The third-order valence-electron chi connectivity index (χ3n) is 3.73. The minimum atomic E-state index is -3.08. The highest BCUT2D eigenvalue weighted by molar-refractivity contribution is 7.89. The van der Waals surface area contributed by atoms with E-state index in [9.17, 15) is 8.42 Å². The van der Waals surface area contributed by atoms with Gasteiger partial charge in [-0.2, -0.15) is 0 Å². The van der Waals surface area contributed by atoms with Crippen molar-refractivity contribution in [2.75, 3.05) is 25.4 Å². The molecular formula is C13H28N2O2S. The normalized spacial score (nSPS) is 16.7. The molecule has 0 unspecified atom stereocenters. The number of nitrogens with one attached hydrogen (secondary N) is 1. The van der Waals surface area contributed by atoms with E-state index in [1.54, 1.807) is 4.31 Å². The number of sulfonamides is 1. The van der Waals surface area contributed by atoms with E-state index < -0.39 is 10.0 Å². The van der Waals surface area contributed by atoms with E-state index in [2.05, 4.69) is 19.2 Å². The molecule has 0 aromatic rings. The molecule has 0 bridgehead atoms. The maximum Gasteiger partial charge on any atom is 0.215 e. The highest BCUT2D eigenvalue weighted by Crippen LogP contribution is 2.18. The van der Waals surface area contributed by atoms with Gasteiger partial charge in [0.2, 0.25) is 10.0 Å². The Hall–Kier alpha value is -0.130. The molecule has 0 aromatic heterocycles. The van der Waals surface area contributed by atoms with Crippen LogP contribution in [0.15, 0.2) is 0 Å². The molecule has 1 fully saturated rings. The Morgan fingerprint density at radius 3 is 2.28 bits per heavy atom. The van der Waals surface area contributed by atoms with Gasteiger partial charge in [-0.15, -0.1) is 0 Å². The molecule has 0 radical (unpaired) electrons. The Balaban J connectivity index is 2.43. The lowest BCUT2D eigenvalue weighted by molar-refractivity contribution is 0.339. The molecule has 0 amide bonds. The van der Waals surface area contributed by atoms with E-state index in [0.717, 1.165) is 12.8 Å². The zero-order valence-corrected chi connectivity index (χ0v) is 12.8. The van der Waals surface area contributed by atoms with Gasteiger partial charge in [0.25, 0.3) is 0 Å². The summed E-state index contributed by atoms with van der Waals surface area (Å²) in [6.45, 7) is 8.03. The van der Waals surface area contributed by atoms with E-state index in [4.69, 9.17) is 0 Å². The van der Waals surface area contributed by atoms with E-state index >= 15 is 0 Å². The molecule has 18 heavy (non-hydrogen) atoms. The standard InChI is InChI=1S/C13H28N2O2S/c1-4-12(5-2)11-15(6-3)18(16,17)10-9-14-13-7-8-13/h12-14H,4-11H2,1-3H3. The van der Waals surface area contributed by atoms with E-state index in [1.807, 2.05) is 6.92 Å². The predicted molar refractivity (Wildman–Crippen MR) is 76.1 cm³/mol. The molecule has 108 valence electrons. The van der Waals surface area contributed by atoms with Crippen LogP contribution in [0.25, 0.3) is 0 Å². The predicted octanol–water partition coefficient (Wildman–Crippen LogP) is 1.83. The van der Waals surface area contributed by atoms with Crippen molar-refractivity contribution in [2.45, 2.75) is 52.5 Å². The van der Waals surface area contributed by atoms with Crippen molar-refractivity contribution in [1.29, 1.82) is 0 Å². The molecule has 0 atom stereocenters. The van der Waals surface area contributed by atoms with Crippen molar-refractivity contribution in [3.05, 3.63) is 0 Å². The molecule has 0 aromatic carbocycles. The minimum Gasteiger partial charge on any atom is -0.313 e. The zero-order valence-electron chi connectivity index (χ0n) is 12.0. The molecule has 5 heteroatoms. The average molecular weight is 276 g/mol. The Labute approximate surface area is 112 Å². The van der Waals surface area contributed by atoms with Gasteiger partial charge in [0.1, 0.15) is 0 Å². The highest BCUT2D eigenvalue weighted by atomic mass is 32.2. The van der Waals surface area contributed by atoms with Crippen molar-refractivity contribution in [1.82, 2.24) is 9.62 Å². The number of hydrogen-bond acceptors (Lipinski definition) is 3. The summed E-state index contributed by atoms with van der Waals surface area (Å²) in [5.74, 6) is 0.716. The van der Waals surface area contributed by atoms with Crippen molar-refractivity contribution >= 4 is 10.0 Å². The molecule has 0 aliphatic heterocycles. The second-order valence-corrected chi connectivity index (χ2v) is 7.27. The summed E-state index contributed by atoms with van der Waals surface area (Å²) in [5, 5.41) is 3.27. The summed E-state index contributed by atoms with van der Waals surface area (Å²) in [5.41, 5.74) is 0. The maximum absolute atomic E-state index is 12.2. The Kier molecular flexibility index (Phi) is 6.60. The van der Waals surface area contributed by atoms with Crippen molar-refractivity contribution in [3.63, 3.8) is 0 Å². The van der Waals surface area contributed by atoms with Gasteiger partial charge >= 0.3 is 0 Å². The van der Waals surface area contributed by atoms with Crippen molar-refractivity contribution < 1.29 is 8.42 Å². The zero-order chi connectivity index (χ0) is 13.6.